The van der Waals surface area contributed by atoms with E-state index in [0.717, 1.165) is 11.4 Å². The second-order valence-corrected chi connectivity index (χ2v) is 3.80. The number of hydrogen-bond donors (Lipinski definition) is 1. The fraction of sp³-hybridized carbons (Fsp3) is 0. The third-order valence-electron chi connectivity index (χ3n) is 2.57. The number of rotatable bonds is 2. The molecule has 0 unspecified atom stereocenters. The molecule has 18 heavy (non-hydrogen) atoms. The zero-order valence-electron chi connectivity index (χ0n) is 9.52. The van der Waals surface area contributed by atoms with Gasteiger partial charge in [0, 0.05) is 0 Å². The number of tetrazole rings is 1. The number of para-hydroxylation sites is 2. The van der Waals surface area contributed by atoms with Crippen LogP contribution < -0.4 is 10.5 Å². The summed E-state index contributed by atoms with van der Waals surface area (Å²) < 4.78 is 1.33. The number of aromatic nitrogens is 4. The maximum atomic E-state index is 11.8. The van der Waals surface area contributed by atoms with Crippen molar-refractivity contribution in [2.75, 3.05) is 0 Å². The summed E-state index contributed by atoms with van der Waals surface area (Å²) in [6, 6.07) is 18.7. The van der Waals surface area contributed by atoms with Crippen LogP contribution in [0.15, 0.2) is 65.5 Å². The number of H-pyrrole nitrogens is 1. The lowest BCUT2D eigenvalue weighted by molar-refractivity contribution is -0.718. The van der Waals surface area contributed by atoms with Crippen molar-refractivity contribution in [1.82, 2.24) is 15.0 Å². The summed E-state index contributed by atoms with van der Waals surface area (Å²) in [7, 11) is 0. The maximum Gasteiger partial charge on any atom is 0.471 e. The van der Waals surface area contributed by atoms with Crippen molar-refractivity contribution in [2.45, 2.75) is 0 Å². The largest absolute Gasteiger partial charge is 0.471 e. The van der Waals surface area contributed by atoms with Crippen molar-refractivity contribution in [3.05, 3.63) is 71.1 Å². The number of nitrogens with one attached hydrogen (secondary N) is 1. The Morgan fingerprint density at radius 3 is 2.22 bits per heavy atom. The fourth-order valence-corrected chi connectivity index (χ4v) is 1.71. The van der Waals surface area contributed by atoms with Crippen molar-refractivity contribution in [3.8, 4) is 11.4 Å². The molecule has 0 saturated carbocycles. The van der Waals surface area contributed by atoms with E-state index in [2.05, 4.69) is 10.3 Å². The molecule has 2 aromatic carbocycles. The summed E-state index contributed by atoms with van der Waals surface area (Å²) in [5, 5.41) is 6.89. The van der Waals surface area contributed by atoms with E-state index < -0.39 is 0 Å². The van der Waals surface area contributed by atoms with Crippen LogP contribution in [0, 0.1) is 0 Å². The van der Waals surface area contributed by atoms with Crippen molar-refractivity contribution in [1.29, 1.82) is 0 Å². The van der Waals surface area contributed by atoms with Gasteiger partial charge in [0.25, 0.3) is 0 Å². The minimum Gasteiger partial charge on any atom is -0.214 e. The topological polar surface area (TPSA) is 54.6 Å². The molecule has 0 spiro atoms. The van der Waals surface area contributed by atoms with Gasteiger partial charge in [0.05, 0.1) is 0 Å². The minimum absolute atomic E-state index is 0.273. The van der Waals surface area contributed by atoms with E-state index in [9.17, 15) is 4.79 Å². The van der Waals surface area contributed by atoms with Gasteiger partial charge in [-0.1, -0.05) is 36.4 Å². The summed E-state index contributed by atoms with van der Waals surface area (Å²) in [4.78, 5) is 13.3. The van der Waals surface area contributed by atoms with Crippen LogP contribution in [0.5, 0.6) is 0 Å². The monoisotopic (exact) mass is 239 g/mol. The standard InChI is InChI=1S/C13H10N4O/c18-13-14-17(12-9-5-2-6-10-12)15-16(13)11-7-3-1-4-8-11/h1-10H/p+1. The zero-order chi connectivity index (χ0) is 12.4. The van der Waals surface area contributed by atoms with Crippen LogP contribution in [0.4, 0.5) is 0 Å². The molecule has 0 aliphatic rings. The third-order valence-corrected chi connectivity index (χ3v) is 2.57. The van der Waals surface area contributed by atoms with Crippen molar-refractivity contribution in [3.63, 3.8) is 0 Å². The molecule has 0 amide bonds. The number of benzene rings is 2. The summed E-state index contributed by atoms with van der Waals surface area (Å²) in [5.41, 5.74) is 1.27. The quantitative estimate of drug-likeness (QED) is 0.674. The first kappa shape index (κ1) is 10.5. The number of nitrogens with zero attached hydrogens (tertiary/aromatic N) is 3. The van der Waals surface area contributed by atoms with Gasteiger partial charge in [-0.15, -0.1) is 5.10 Å². The molecule has 5 nitrogen and oxygen atoms in total. The lowest BCUT2D eigenvalue weighted by Gasteiger charge is -1.90. The van der Waals surface area contributed by atoms with Gasteiger partial charge in [0.2, 0.25) is 0 Å². The van der Waals surface area contributed by atoms with Crippen molar-refractivity contribution >= 4 is 0 Å². The normalized spacial score (nSPS) is 10.4. The van der Waals surface area contributed by atoms with E-state index in [1.807, 2.05) is 60.7 Å². The van der Waals surface area contributed by atoms with Gasteiger partial charge in [-0.25, -0.2) is 4.79 Å². The third kappa shape index (κ3) is 1.82. The lowest BCUT2D eigenvalue weighted by Crippen LogP contribution is -2.37. The zero-order valence-corrected chi connectivity index (χ0v) is 9.52. The Bertz CT molecular complexity index is 701. The molecule has 0 bridgehead atoms. The highest BCUT2D eigenvalue weighted by Crippen LogP contribution is 2.00. The molecule has 0 atom stereocenters. The Balaban J connectivity index is 2.10. The second kappa shape index (κ2) is 4.29. The molecule has 0 aliphatic carbocycles. The molecule has 0 aliphatic heterocycles. The van der Waals surface area contributed by atoms with Crippen LogP contribution in [-0.2, 0) is 0 Å². The van der Waals surface area contributed by atoms with E-state index in [1.54, 1.807) is 0 Å². The number of hydrogen-bond acceptors (Lipinski definition) is 2. The van der Waals surface area contributed by atoms with Crippen LogP contribution in [-0.4, -0.2) is 15.0 Å². The molecule has 1 N–H and O–H groups in total. The highest BCUT2D eigenvalue weighted by molar-refractivity contribution is 5.28. The Morgan fingerprint density at radius 1 is 0.944 bits per heavy atom. The van der Waals surface area contributed by atoms with Crippen LogP contribution in [0.2, 0.25) is 0 Å². The molecule has 0 saturated heterocycles. The first-order chi connectivity index (χ1) is 8.84. The first-order valence-electron chi connectivity index (χ1n) is 5.57. The van der Waals surface area contributed by atoms with E-state index in [0.29, 0.717) is 0 Å². The molecule has 5 heteroatoms. The van der Waals surface area contributed by atoms with Crippen LogP contribution in [0.3, 0.4) is 0 Å². The highest BCUT2D eigenvalue weighted by atomic mass is 16.2. The molecule has 1 aromatic heterocycles. The average Bonchev–Trinajstić information content (AvgIpc) is 2.83. The summed E-state index contributed by atoms with van der Waals surface area (Å²) >= 11 is 0. The molecule has 88 valence electrons. The molecule has 0 radical (unpaired) electrons. The molecule has 1 heterocycles. The fourth-order valence-electron chi connectivity index (χ4n) is 1.71. The van der Waals surface area contributed by atoms with Gasteiger partial charge in [0.15, 0.2) is 11.4 Å². The van der Waals surface area contributed by atoms with Crippen molar-refractivity contribution < 1.29 is 4.80 Å². The maximum absolute atomic E-state index is 11.8. The van der Waals surface area contributed by atoms with E-state index in [4.69, 9.17) is 0 Å². The van der Waals surface area contributed by atoms with Crippen LogP contribution in [0.1, 0.15) is 0 Å². The molecule has 3 rings (SSSR count). The SMILES string of the molecule is O=c1[nH][n+](-c2ccccc2)nn1-c1ccccc1. The van der Waals surface area contributed by atoms with E-state index >= 15 is 0 Å². The lowest BCUT2D eigenvalue weighted by atomic mass is 10.3. The molecular formula is C13H11N4O+. The van der Waals surface area contributed by atoms with E-state index in [1.165, 1.54) is 9.48 Å². The predicted octanol–water partition coefficient (Wildman–Crippen LogP) is 0.837. The summed E-state index contributed by atoms with van der Waals surface area (Å²) in [5.74, 6) is 0. The smallest absolute Gasteiger partial charge is 0.214 e. The van der Waals surface area contributed by atoms with Gasteiger partial charge < -0.3 is 0 Å². The second-order valence-electron chi connectivity index (χ2n) is 3.80. The van der Waals surface area contributed by atoms with Gasteiger partial charge in [-0.3, -0.25) is 0 Å². The van der Waals surface area contributed by atoms with E-state index in [-0.39, 0.29) is 5.69 Å². The Morgan fingerprint density at radius 2 is 1.56 bits per heavy atom. The van der Waals surface area contributed by atoms with Gasteiger partial charge in [0.1, 0.15) is 5.21 Å². The van der Waals surface area contributed by atoms with Gasteiger partial charge >= 0.3 is 5.69 Å². The molecule has 3 aromatic rings. The first-order valence-corrected chi connectivity index (χ1v) is 5.57. The summed E-state index contributed by atoms with van der Waals surface area (Å²) in [6.07, 6.45) is 0. The van der Waals surface area contributed by atoms with Crippen molar-refractivity contribution in [2.24, 2.45) is 0 Å². The molecular weight excluding hydrogens is 228 g/mol. The van der Waals surface area contributed by atoms with Crippen LogP contribution >= 0.6 is 0 Å². The Labute approximate surface area is 103 Å². The number of aromatic amines is 1. The van der Waals surface area contributed by atoms with Gasteiger partial charge in [-0.05, 0) is 33.7 Å². The Hall–Kier alpha value is -2.69. The minimum atomic E-state index is -0.273. The molecule has 0 fully saturated rings. The van der Waals surface area contributed by atoms with Gasteiger partial charge in [-0.2, -0.15) is 0 Å². The van der Waals surface area contributed by atoms with Crippen LogP contribution in [0.25, 0.3) is 11.4 Å². The predicted molar refractivity (Wildman–Crippen MR) is 65.7 cm³/mol. The Kier molecular flexibility index (Phi) is 2.49. The highest BCUT2D eigenvalue weighted by Gasteiger charge is 2.15. The average molecular weight is 239 g/mol. The summed E-state index contributed by atoms with van der Waals surface area (Å²) in [6.45, 7) is 0.